The number of para-hydroxylation sites is 1. The molecule has 10 aromatic carbocycles. The van der Waals surface area contributed by atoms with E-state index in [0.29, 0.717) is 0 Å². The summed E-state index contributed by atoms with van der Waals surface area (Å²) in [6, 6.07) is 65.6. The highest BCUT2D eigenvalue weighted by Crippen LogP contribution is 2.47. The second-order valence-electron chi connectivity index (χ2n) is 14.3. The predicted molar refractivity (Wildman–Crippen MR) is 227 cm³/mol. The number of furan rings is 2. The van der Waals surface area contributed by atoms with Crippen LogP contribution in [0.4, 0.5) is 0 Å². The first-order valence-electron chi connectivity index (χ1n) is 18.5. The zero-order valence-electron chi connectivity index (χ0n) is 29.1. The van der Waals surface area contributed by atoms with Crippen LogP contribution in [0.2, 0.25) is 0 Å². The van der Waals surface area contributed by atoms with Crippen molar-refractivity contribution in [2.24, 2.45) is 0 Å². The number of hydrogen-bond donors (Lipinski definition) is 0. The van der Waals surface area contributed by atoms with Crippen LogP contribution in [0.15, 0.2) is 191 Å². The molecular formula is C52H30O2. The molecule has 12 aromatic rings. The second kappa shape index (κ2) is 11.2. The molecule has 0 N–H and O–H groups in total. The molecule has 0 aliphatic rings. The van der Waals surface area contributed by atoms with E-state index in [1.54, 1.807) is 0 Å². The summed E-state index contributed by atoms with van der Waals surface area (Å²) < 4.78 is 12.9. The number of hydrogen-bond acceptors (Lipinski definition) is 2. The Kier molecular flexibility index (Phi) is 6.09. The number of fused-ring (bicyclic) bond motifs is 11. The van der Waals surface area contributed by atoms with Crippen LogP contribution in [0.1, 0.15) is 0 Å². The molecule has 0 aliphatic heterocycles. The highest BCUT2D eigenvalue weighted by atomic mass is 16.3. The van der Waals surface area contributed by atoms with Crippen molar-refractivity contribution >= 4 is 87.0 Å². The Hall–Kier alpha value is -7.16. The third-order valence-electron chi connectivity index (χ3n) is 11.4. The largest absolute Gasteiger partial charge is 0.456 e. The lowest BCUT2D eigenvalue weighted by atomic mass is 9.84. The van der Waals surface area contributed by atoms with Crippen molar-refractivity contribution in [1.82, 2.24) is 0 Å². The first kappa shape index (κ1) is 29.4. The number of benzene rings is 10. The van der Waals surface area contributed by atoms with Crippen molar-refractivity contribution in [3.8, 4) is 33.4 Å². The Morgan fingerprint density at radius 2 is 0.833 bits per heavy atom. The van der Waals surface area contributed by atoms with E-state index < -0.39 is 0 Å². The van der Waals surface area contributed by atoms with Gasteiger partial charge in [0, 0.05) is 21.5 Å². The number of rotatable bonds is 3. The minimum Gasteiger partial charge on any atom is -0.456 e. The van der Waals surface area contributed by atoms with E-state index in [-0.39, 0.29) is 0 Å². The monoisotopic (exact) mass is 686 g/mol. The molecule has 0 fully saturated rings. The lowest BCUT2D eigenvalue weighted by molar-refractivity contribution is 0.669. The molecule has 54 heavy (non-hydrogen) atoms. The predicted octanol–water partition coefficient (Wildman–Crippen LogP) is 15.1. The van der Waals surface area contributed by atoms with Gasteiger partial charge in [0.1, 0.15) is 22.3 Å². The summed E-state index contributed by atoms with van der Waals surface area (Å²) in [7, 11) is 0. The Bertz CT molecular complexity index is 3430. The van der Waals surface area contributed by atoms with Gasteiger partial charge >= 0.3 is 0 Å². The zero-order valence-corrected chi connectivity index (χ0v) is 29.1. The van der Waals surface area contributed by atoms with Crippen LogP contribution >= 0.6 is 0 Å². The SMILES string of the molecule is c1ccc(-c2c3ccccc3c(-c3ccc(-c4ccc5c(c4)oc4ccc6cc7c(cc6c45)oc4ccccc47)c4ccccc34)c3ccccc23)cc1. The molecular weight excluding hydrogens is 657 g/mol. The van der Waals surface area contributed by atoms with Crippen molar-refractivity contribution in [2.45, 2.75) is 0 Å². The van der Waals surface area contributed by atoms with E-state index in [9.17, 15) is 0 Å². The summed E-state index contributed by atoms with van der Waals surface area (Å²) in [5.74, 6) is 0. The summed E-state index contributed by atoms with van der Waals surface area (Å²) in [6.45, 7) is 0. The fraction of sp³-hybridized carbons (Fsp3) is 0. The molecule has 0 atom stereocenters. The van der Waals surface area contributed by atoms with Gasteiger partial charge in [-0.3, -0.25) is 0 Å². The van der Waals surface area contributed by atoms with E-state index >= 15 is 0 Å². The average Bonchev–Trinajstić information content (AvgIpc) is 3.79. The molecule has 0 aliphatic carbocycles. The highest BCUT2D eigenvalue weighted by molar-refractivity contribution is 6.25. The van der Waals surface area contributed by atoms with Gasteiger partial charge in [-0.2, -0.15) is 0 Å². The summed E-state index contributed by atoms with van der Waals surface area (Å²) in [4.78, 5) is 0. The topological polar surface area (TPSA) is 26.3 Å². The lowest BCUT2D eigenvalue weighted by Gasteiger charge is -2.19. The summed E-state index contributed by atoms with van der Waals surface area (Å²) in [5.41, 5.74) is 10.9. The van der Waals surface area contributed by atoms with Crippen LogP contribution in [-0.4, -0.2) is 0 Å². The van der Waals surface area contributed by atoms with Crippen LogP contribution in [0.3, 0.4) is 0 Å². The van der Waals surface area contributed by atoms with E-state index in [4.69, 9.17) is 8.83 Å². The van der Waals surface area contributed by atoms with Crippen molar-refractivity contribution < 1.29 is 8.83 Å². The lowest BCUT2D eigenvalue weighted by Crippen LogP contribution is -1.92. The molecule has 0 saturated carbocycles. The van der Waals surface area contributed by atoms with Crippen LogP contribution < -0.4 is 0 Å². The molecule has 250 valence electrons. The first-order chi connectivity index (χ1) is 26.8. The van der Waals surface area contributed by atoms with Gasteiger partial charge in [-0.15, -0.1) is 0 Å². The van der Waals surface area contributed by atoms with Gasteiger partial charge in [0.15, 0.2) is 0 Å². The van der Waals surface area contributed by atoms with E-state index in [1.165, 1.54) is 65.5 Å². The molecule has 2 aromatic heterocycles. The molecule has 12 rings (SSSR count). The Balaban J connectivity index is 1.06. The quantitative estimate of drug-likeness (QED) is 0.173. The molecule has 0 unspecified atom stereocenters. The highest BCUT2D eigenvalue weighted by Gasteiger charge is 2.20. The van der Waals surface area contributed by atoms with Gasteiger partial charge in [0.25, 0.3) is 0 Å². The van der Waals surface area contributed by atoms with Crippen molar-refractivity contribution in [2.75, 3.05) is 0 Å². The normalized spacial score (nSPS) is 12.1. The van der Waals surface area contributed by atoms with Crippen molar-refractivity contribution in [3.63, 3.8) is 0 Å². The molecule has 0 bridgehead atoms. The third kappa shape index (κ3) is 4.17. The molecule has 0 radical (unpaired) electrons. The van der Waals surface area contributed by atoms with Crippen molar-refractivity contribution in [1.29, 1.82) is 0 Å². The maximum absolute atomic E-state index is 6.61. The van der Waals surface area contributed by atoms with E-state index in [0.717, 1.165) is 54.8 Å². The molecule has 2 heteroatoms. The van der Waals surface area contributed by atoms with Gasteiger partial charge in [0.05, 0.1) is 0 Å². The maximum atomic E-state index is 6.61. The Labute approximate surface area is 310 Å². The van der Waals surface area contributed by atoms with Gasteiger partial charge in [0.2, 0.25) is 0 Å². The summed E-state index contributed by atoms with van der Waals surface area (Å²) >= 11 is 0. The standard InChI is InChI=1S/C52H30O2/c1-2-12-31(13-3-1)50-38-17-6-8-19-40(38)51(41-20-9-7-18-39(41)50)42-26-25-34(35-14-4-5-15-36(35)42)33-22-24-43-48(29-33)54-47-27-23-32-28-45-37-16-10-11-21-46(37)53-49(45)30-44(32)52(43)47/h1-30H. The van der Waals surface area contributed by atoms with Crippen molar-refractivity contribution in [3.05, 3.63) is 182 Å². The van der Waals surface area contributed by atoms with Crippen LogP contribution in [0.25, 0.3) is 120 Å². The second-order valence-corrected chi connectivity index (χ2v) is 14.3. The average molecular weight is 687 g/mol. The minimum atomic E-state index is 0.876. The van der Waals surface area contributed by atoms with Gasteiger partial charge in [-0.25, -0.2) is 0 Å². The van der Waals surface area contributed by atoms with Crippen LogP contribution in [-0.2, 0) is 0 Å². The van der Waals surface area contributed by atoms with Crippen LogP contribution in [0.5, 0.6) is 0 Å². The Morgan fingerprint density at radius 1 is 0.259 bits per heavy atom. The van der Waals surface area contributed by atoms with E-state index in [2.05, 4.69) is 170 Å². The molecule has 0 spiro atoms. The molecule has 2 heterocycles. The fourth-order valence-corrected chi connectivity index (χ4v) is 9.09. The summed E-state index contributed by atoms with van der Waals surface area (Å²) in [6.07, 6.45) is 0. The third-order valence-corrected chi connectivity index (χ3v) is 11.4. The maximum Gasteiger partial charge on any atom is 0.136 e. The molecule has 0 saturated heterocycles. The zero-order chi connectivity index (χ0) is 35.3. The first-order valence-corrected chi connectivity index (χ1v) is 18.5. The Morgan fingerprint density at radius 3 is 1.57 bits per heavy atom. The smallest absolute Gasteiger partial charge is 0.136 e. The van der Waals surface area contributed by atoms with Crippen LogP contribution in [0, 0.1) is 0 Å². The minimum absolute atomic E-state index is 0.876. The van der Waals surface area contributed by atoms with E-state index in [1.807, 2.05) is 12.1 Å². The van der Waals surface area contributed by atoms with Gasteiger partial charge < -0.3 is 8.83 Å². The summed E-state index contributed by atoms with van der Waals surface area (Å²) in [5, 5.41) is 14.3. The fourth-order valence-electron chi connectivity index (χ4n) is 9.09. The van der Waals surface area contributed by atoms with Gasteiger partial charge in [-0.05, 0) is 113 Å². The molecule has 2 nitrogen and oxygen atoms in total. The van der Waals surface area contributed by atoms with Gasteiger partial charge in [-0.1, -0.05) is 146 Å². The molecule has 0 amide bonds.